The van der Waals surface area contributed by atoms with E-state index in [9.17, 15) is 4.79 Å². The lowest BCUT2D eigenvalue weighted by Crippen LogP contribution is -2.49. The molecule has 3 rings (SSSR count). The lowest BCUT2D eigenvalue weighted by atomic mass is 10.1. The molecule has 104 valence electrons. The van der Waals surface area contributed by atoms with Crippen LogP contribution in [0.4, 0.5) is 0 Å². The summed E-state index contributed by atoms with van der Waals surface area (Å²) in [6.07, 6.45) is 4.97. The monoisotopic (exact) mass is 273 g/mol. The van der Waals surface area contributed by atoms with Gasteiger partial charge in [-0.15, -0.1) is 5.10 Å². The van der Waals surface area contributed by atoms with Crippen molar-refractivity contribution in [1.29, 1.82) is 0 Å². The molecule has 1 aliphatic rings. The van der Waals surface area contributed by atoms with Crippen molar-refractivity contribution in [3.05, 3.63) is 36.4 Å². The minimum Gasteiger partial charge on any atom is -0.331 e. The van der Waals surface area contributed by atoms with Crippen molar-refractivity contribution < 1.29 is 4.79 Å². The summed E-state index contributed by atoms with van der Waals surface area (Å²) in [6, 6.07) is 3.87. The average molecular weight is 273 g/mol. The molecule has 1 atom stereocenters. The summed E-state index contributed by atoms with van der Waals surface area (Å²) in [5.74, 6) is 0.00709. The molecule has 8 nitrogen and oxygen atoms in total. The second-order valence-corrected chi connectivity index (χ2v) is 4.60. The molecule has 0 aromatic carbocycles. The van der Waals surface area contributed by atoms with Crippen LogP contribution >= 0.6 is 0 Å². The number of hydrogen-bond donors (Lipinski definition) is 1. The van der Waals surface area contributed by atoms with E-state index < -0.39 is 0 Å². The molecule has 0 aliphatic carbocycles. The van der Waals surface area contributed by atoms with Gasteiger partial charge in [-0.3, -0.25) is 9.78 Å². The minimum atomic E-state index is 0.00132. The quantitative estimate of drug-likeness (QED) is 0.791. The highest BCUT2D eigenvalue weighted by Gasteiger charge is 2.28. The average Bonchev–Trinajstić information content (AvgIpc) is 3.01. The van der Waals surface area contributed by atoms with Crippen molar-refractivity contribution in [3.8, 4) is 0 Å². The number of carbonyl (C=O) groups is 1. The summed E-state index contributed by atoms with van der Waals surface area (Å²) in [6.45, 7) is 2.34. The second-order valence-electron chi connectivity index (χ2n) is 4.60. The predicted molar refractivity (Wildman–Crippen MR) is 69.4 cm³/mol. The Morgan fingerprint density at radius 3 is 3.20 bits per heavy atom. The molecule has 8 heteroatoms. The van der Waals surface area contributed by atoms with E-state index in [1.165, 1.54) is 11.0 Å². The number of piperazine rings is 1. The third kappa shape index (κ3) is 2.64. The number of hydrogen-bond acceptors (Lipinski definition) is 6. The topological polar surface area (TPSA) is 88.8 Å². The van der Waals surface area contributed by atoms with Gasteiger partial charge in [-0.05, 0) is 22.1 Å². The van der Waals surface area contributed by atoms with Crippen LogP contribution in [0.3, 0.4) is 0 Å². The van der Waals surface area contributed by atoms with Gasteiger partial charge in [-0.25, -0.2) is 4.68 Å². The van der Waals surface area contributed by atoms with Gasteiger partial charge in [0.05, 0.1) is 6.04 Å². The summed E-state index contributed by atoms with van der Waals surface area (Å²) < 4.78 is 1.44. The molecule has 1 unspecified atom stereocenters. The summed E-state index contributed by atoms with van der Waals surface area (Å²) in [4.78, 5) is 18.4. The van der Waals surface area contributed by atoms with Crippen molar-refractivity contribution >= 4 is 5.91 Å². The van der Waals surface area contributed by atoms with Crippen molar-refractivity contribution in [2.75, 3.05) is 19.6 Å². The summed E-state index contributed by atoms with van der Waals surface area (Å²) in [7, 11) is 0. The largest absolute Gasteiger partial charge is 0.331 e. The third-order valence-electron chi connectivity index (χ3n) is 3.32. The number of aromatic nitrogens is 5. The Hall–Kier alpha value is -2.35. The molecule has 0 saturated carbocycles. The normalized spacial score (nSPS) is 19.0. The van der Waals surface area contributed by atoms with Crippen LogP contribution in [0.2, 0.25) is 0 Å². The second kappa shape index (κ2) is 5.74. The molecule has 1 N–H and O–H groups in total. The van der Waals surface area contributed by atoms with E-state index in [1.807, 2.05) is 17.0 Å². The minimum absolute atomic E-state index is 0.00132. The van der Waals surface area contributed by atoms with Gasteiger partial charge in [-0.1, -0.05) is 6.07 Å². The zero-order valence-electron chi connectivity index (χ0n) is 10.9. The Bertz CT molecular complexity index is 556. The van der Waals surface area contributed by atoms with Crippen LogP contribution < -0.4 is 5.32 Å². The molecule has 1 saturated heterocycles. The standard InChI is InChI=1S/C12H15N7O/c20-12(8-18-9-15-16-17-18)19-5-4-14-7-11(19)10-2-1-3-13-6-10/h1-3,6,9,11,14H,4-5,7-8H2. The van der Waals surface area contributed by atoms with Crippen molar-refractivity contribution in [1.82, 2.24) is 35.4 Å². The van der Waals surface area contributed by atoms with E-state index in [0.29, 0.717) is 6.54 Å². The fourth-order valence-electron chi connectivity index (χ4n) is 2.36. The van der Waals surface area contributed by atoms with Crippen LogP contribution in [0.25, 0.3) is 0 Å². The molecule has 0 bridgehead atoms. The van der Waals surface area contributed by atoms with E-state index in [0.717, 1.165) is 18.7 Å². The smallest absolute Gasteiger partial charge is 0.245 e. The number of rotatable bonds is 3. The highest BCUT2D eigenvalue weighted by molar-refractivity contribution is 5.76. The fourth-order valence-corrected chi connectivity index (χ4v) is 2.36. The van der Waals surface area contributed by atoms with Crippen molar-refractivity contribution in [2.45, 2.75) is 12.6 Å². The first-order chi connectivity index (χ1) is 9.84. The predicted octanol–water partition coefficient (Wildman–Crippen LogP) is -0.759. The highest BCUT2D eigenvalue weighted by atomic mass is 16.2. The van der Waals surface area contributed by atoms with Crippen LogP contribution in [0.1, 0.15) is 11.6 Å². The number of nitrogens with zero attached hydrogens (tertiary/aromatic N) is 6. The maximum absolute atomic E-state index is 12.4. The van der Waals surface area contributed by atoms with Gasteiger partial charge >= 0.3 is 0 Å². The molecule has 2 aromatic heterocycles. The Balaban J connectivity index is 1.77. The van der Waals surface area contributed by atoms with E-state index >= 15 is 0 Å². The first-order valence-corrected chi connectivity index (χ1v) is 6.45. The molecule has 1 amide bonds. The summed E-state index contributed by atoms with van der Waals surface area (Å²) in [5.41, 5.74) is 1.03. The van der Waals surface area contributed by atoms with E-state index in [4.69, 9.17) is 0 Å². The number of tetrazole rings is 1. The Labute approximate surface area is 115 Å². The van der Waals surface area contributed by atoms with Crippen LogP contribution in [-0.4, -0.2) is 55.6 Å². The van der Waals surface area contributed by atoms with Crippen LogP contribution in [0, 0.1) is 0 Å². The van der Waals surface area contributed by atoms with E-state index in [2.05, 4.69) is 25.8 Å². The van der Waals surface area contributed by atoms with E-state index in [-0.39, 0.29) is 18.5 Å². The van der Waals surface area contributed by atoms with Crippen molar-refractivity contribution in [3.63, 3.8) is 0 Å². The van der Waals surface area contributed by atoms with Crippen LogP contribution in [0.5, 0.6) is 0 Å². The molecule has 3 heterocycles. The van der Waals surface area contributed by atoms with E-state index in [1.54, 1.807) is 12.4 Å². The number of nitrogens with one attached hydrogen (secondary N) is 1. The molecule has 2 aromatic rings. The lowest BCUT2D eigenvalue weighted by Gasteiger charge is -2.36. The highest BCUT2D eigenvalue weighted by Crippen LogP contribution is 2.21. The Kier molecular flexibility index (Phi) is 3.64. The van der Waals surface area contributed by atoms with Gasteiger partial charge in [-0.2, -0.15) is 0 Å². The number of amides is 1. The molecule has 1 aliphatic heterocycles. The third-order valence-corrected chi connectivity index (χ3v) is 3.32. The van der Waals surface area contributed by atoms with Gasteiger partial charge < -0.3 is 10.2 Å². The van der Waals surface area contributed by atoms with Crippen molar-refractivity contribution in [2.24, 2.45) is 0 Å². The number of carbonyl (C=O) groups excluding carboxylic acids is 1. The Morgan fingerprint density at radius 1 is 1.50 bits per heavy atom. The molecule has 1 fully saturated rings. The first-order valence-electron chi connectivity index (χ1n) is 6.45. The molecule has 0 spiro atoms. The molecular weight excluding hydrogens is 258 g/mol. The van der Waals surface area contributed by atoms with Gasteiger partial charge in [0, 0.05) is 32.0 Å². The zero-order valence-corrected chi connectivity index (χ0v) is 10.9. The first kappa shape index (κ1) is 12.7. The lowest BCUT2D eigenvalue weighted by molar-refractivity contribution is -0.135. The van der Waals surface area contributed by atoms with Crippen LogP contribution in [-0.2, 0) is 11.3 Å². The van der Waals surface area contributed by atoms with Gasteiger partial charge in [0.15, 0.2) is 0 Å². The van der Waals surface area contributed by atoms with Gasteiger partial charge in [0.25, 0.3) is 0 Å². The summed E-state index contributed by atoms with van der Waals surface area (Å²) >= 11 is 0. The molecule has 0 radical (unpaired) electrons. The van der Waals surface area contributed by atoms with Gasteiger partial charge in [0.1, 0.15) is 12.9 Å². The number of pyridine rings is 1. The maximum Gasteiger partial charge on any atom is 0.245 e. The maximum atomic E-state index is 12.4. The molecular formula is C12H15N7O. The van der Waals surface area contributed by atoms with Crippen LogP contribution in [0.15, 0.2) is 30.9 Å². The fraction of sp³-hybridized carbons (Fsp3) is 0.417. The Morgan fingerprint density at radius 2 is 2.45 bits per heavy atom. The molecule has 20 heavy (non-hydrogen) atoms. The van der Waals surface area contributed by atoms with Gasteiger partial charge in [0.2, 0.25) is 5.91 Å². The zero-order chi connectivity index (χ0) is 13.8. The SMILES string of the molecule is O=C(Cn1cnnn1)N1CCNCC1c1cccnc1. The summed E-state index contributed by atoms with van der Waals surface area (Å²) in [5, 5.41) is 14.1.